The van der Waals surface area contributed by atoms with E-state index in [9.17, 15) is 0 Å². The van der Waals surface area contributed by atoms with Crippen LogP contribution >= 0.6 is 9.58 Å². The second kappa shape index (κ2) is 11.1. The van der Waals surface area contributed by atoms with Gasteiger partial charge in [-0.1, -0.05) is 50.2 Å². The summed E-state index contributed by atoms with van der Waals surface area (Å²) in [4.78, 5) is 4.77. The minimum absolute atomic E-state index is 0. The van der Waals surface area contributed by atoms with Crippen LogP contribution in [0.5, 0.6) is 0 Å². The SMILES string of the molecule is Cc1cc(-c2nccc3cc(CC(C)C)ccc23)c2oc3ccccc3c2c1.[CH3-].[CH3-].[Cl][Ir+2]. The van der Waals surface area contributed by atoms with Crippen LogP contribution < -0.4 is 0 Å². The van der Waals surface area contributed by atoms with E-state index in [1.807, 2.05) is 18.3 Å². The zero-order valence-corrected chi connectivity index (χ0v) is 22.4. The summed E-state index contributed by atoms with van der Waals surface area (Å²) in [5.74, 6) is 0.644. The molecule has 2 heterocycles. The van der Waals surface area contributed by atoms with E-state index in [1.165, 1.54) is 39.8 Å². The molecule has 5 aromatic rings. The molecule has 0 aliphatic rings. The van der Waals surface area contributed by atoms with E-state index in [2.05, 4.69) is 78.9 Å². The molecule has 0 radical (unpaired) electrons. The molecule has 0 aliphatic carbocycles. The quantitative estimate of drug-likeness (QED) is 0.188. The number of hydrogen-bond acceptors (Lipinski definition) is 2. The Hall–Kier alpha value is -2.19. The van der Waals surface area contributed by atoms with Gasteiger partial charge in [-0.2, -0.15) is 0 Å². The molecule has 0 unspecified atom stereocenters. The number of hydrogen-bond donors (Lipinski definition) is 0. The number of benzene rings is 3. The average molecular weight is 623 g/mol. The van der Waals surface area contributed by atoms with Crippen LogP contribution in [-0.2, 0) is 24.3 Å². The monoisotopic (exact) mass is 623 g/mol. The predicted octanol–water partition coefficient (Wildman–Crippen LogP) is 8.90. The second-order valence-electron chi connectivity index (χ2n) is 8.10. The normalized spacial score (nSPS) is 10.6. The Labute approximate surface area is 206 Å². The molecule has 32 heavy (non-hydrogen) atoms. The van der Waals surface area contributed by atoms with Crippen molar-refractivity contribution in [1.29, 1.82) is 0 Å². The van der Waals surface area contributed by atoms with Crippen molar-refractivity contribution in [2.24, 2.45) is 5.92 Å². The summed E-state index contributed by atoms with van der Waals surface area (Å²) in [5, 5.41) is 4.71. The Balaban J connectivity index is 0.000000884. The molecule has 0 spiro atoms. The third-order valence-electron chi connectivity index (χ3n) is 5.35. The average Bonchev–Trinajstić information content (AvgIpc) is 3.12. The number of nitrogens with zero attached hydrogens (tertiary/aromatic N) is 1. The number of furan rings is 1. The van der Waals surface area contributed by atoms with E-state index in [0.717, 1.165) is 39.6 Å². The van der Waals surface area contributed by atoms with E-state index in [0.29, 0.717) is 5.92 Å². The fourth-order valence-electron chi connectivity index (χ4n) is 4.19. The van der Waals surface area contributed by atoms with Gasteiger partial charge in [-0.05, 0) is 60.0 Å². The fourth-order valence-corrected chi connectivity index (χ4v) is 4.19. The molecule has 0 fully saturated rings. The Morgan fingerprint density at radius 2 is 1.66 bits per heavy atom. The number of aromatic nitrogens is 1. The summed E-state index contributed by atoms with van der Waals surface area (Å²) in [7, 11) is 4.64. The van der Waals surface area contributed by atoms with Gasteiger partial charge >= 0.3 is 27.5 Å². The van der Waals surface area contributed by atoms with Gasteiger partial charge in [0.15, 0.2) is 0 Å². The Morgan fingerprint density at radius 3 is 2.41 bits per heavy atom. The standard InChI is InChI=1S/C26H23NO.2CH3.ClH.Ir/c1-16(2)12-18-8-9-20-19(15-18)10-11-27-25(20)23-14-17(3)13-22-21-6-4-5-7-24(21)28-26(22)23;;;;/h4-11,13-16H,12H2,1-3H3;2*1H3;1H;/q;2*-1;;+3/p-1. The number of para-hydroxylation sites is 1. The van der Waals surface area contributed by atoms with Crippen molar-refractivity contribution in [3.63, 3.8) is 0 Å². The minimum atomic E-state index is 0. The molecular formula is C28H29ClIrNO. The first-order valence-electron chi connectivity index (χ1n) is 10.0. The third kappa shape index (κ3) is 4.91. The van der Waals surface area contributed by atoms with Crippen molar-refractivity contribution in [1.82, 2.24) is 4.98 Å². The van der Waals surface area contributed by atoms with Crippen molar-refractivity contribution in [3.05, 3.63) is 92.8 Å². The number of pyridine rings is 1. The Morgan fingerprint density at radius 1 is 0.906 bits per heavy atom. The second-order valence-corrected chi connectivity index (χ2v) is 8.10. The van der Waals surface area contributed by atoms with Gasteiger partial charge in [-0.25, -0.2) is 0 Å². The van der Waals surface area contributed by atoms with Crippen LogP contribution in [0, 0.1) is 27.7 Å². The molecule has 2 nitrogen and oxygen atoms in total. The molecule has 0 N–H and O–H groups in total. The molecule has 2 aromatic heterocycles. The zero-order valence-electron chi connectivity index (χ0n) is 19.2. The van der Waals surface area contributed by atoms with Crippen LogP contribution in [0.15, 0.2) is 71.3 Å². The molecule has 0 saturated carbocycles. The van der Waals surface area contributed by atoms with Gasteiger partial charge in [-0.3, -0.25) is 4.98 Å². The van der Waals surface area contributed by atoms with Gasteiger partial charge in [0.25, 0.3) is 0 Å². The van der Waals surface area contributed by atoms with Crippen molar-refractivity contribution >= 4 is 42.3 Å². The van der Waals surface area contributed by atoms with Gasteiger partial charge < -0.3 is 19.3 Å². The maximum atomic E-state index is 6.28. The molecular weight excluding hydrogens is 594 g/mol. The zero-order chi connectivity index (χ0) is 21.3. The van der Waals surface area contributed by atoms with Crippen molar-refractivity contribution in [3.8, 4) is 11.3 Å². The van der Waals surface area contributed by atoms with E-state index < -0.39 is 0 Å². The van der Waals surface area contributed by atoms with Crippen molar-refractivity contribution < 1.29 is 22.3 Å². The van der Waals surface area contributed by atoms with Gasteiger partial charge in [0, 0.05) is 27.9 Å². The van der Waals surface area contributed by atoms with Crippen LogP contribution in [0.25, 0.3) is 44.0 Å². The molecule has 4 heteroatoms. The Kier molecular flexibility index (Phi) is 9.04. The van der Waals surface area contributed by atoms with E-state index in [-0.39, 0.29) is 14.9 Å². The summed E-state index contributed by atoms with van der Waals surface area (Å²) >= 11 is 1.47. The molecule has 3 aromatic carbocycles. The van der Waals surface area contributed by atoms with Crippen molar-refractivity contribution in [2.45, 2.75) is 27.2 Å². The molecule has 0 aliphatic heterocycles. The van der Waals surface area contributed by atoms with Gasteiger partial charge in [0.2, 0.25) is 0 Å². The first-order valence-corrected chi connectivity index (χ1v) is 13.0. The van der Waals surface area contributed by atoms with Gasteiger partial charge in [0.05, 0.1) is 5.69 Å². The van der Waals surface area contributed by atoms with Crippen LogP contribution in [0.4, 0.5) is 0 Å². The predicted molar refractivity (Wildman–Crippen MR) is 136 cm³/mol. The fraction of sp³-hybridized carbons (Fsp3) is 0.179. The van der Waals surface area contributed by atoms with Gasteiger partial charge in [0.1, 0.15) is 11.2 Å². The van der Waals surface area contributed by atoms with Gasteiger partial charge in [-0.15, -0.1) is 0 Å². The van der Waals surface area contributed by atoms with Crippen LogP contribution in [0.3, 0.4) is 0 Å². The molecule has 0 bridgehead atoms. The van der Waals surface area contributed by atoms with Crippen LogP contribution in [-0.4, -0.2) is 4.98 Å². The molecule has 5 rings (SSSR count). The number of fused-ring (bicyclic) bond motifs is 4. The molecule has 0 amide bonds. The van der Waals surface area contributed by atoms with E-state index >= 15 is 0 Å². The molecule has 168 valence electrons. The van der Waals surface area contributed by atoms with Crippen molar-refractivity contribution in [2.75, 3.05) is 0 Å². The van der Waals surface area contributed by atoms with Crippen LogP contribution in [0.1, 0.15) is 25.0 Å². The summed E-state index contributed by atoms with van der Waals surface area (Å²) in [6.45, 7) is 6.65. The first kappa shape index (κ1) is 26.1. The Bertz CT molecular complexity index is 1340. The number of aryl methyl sites for hydroxylation is 1. The topological polar surface area (TPSA) is 26.0 Å². The molecule has 0 saturated heterocycles. The molecule has 0 atom stereocenters. The number of rotatable bonds is 3. The summed E-state index contributed by atoms with van der Waals surface area (Å²) in [5.41, 5.74) is 6.47. The summed E-state index contributed by atoms with van der Waals surface area (Å²) < 4.78 is 6.28. The van der Waals surface area contributed by atoms with E-state index in [1.54, 1.807) is 0 Å². The summed E-state index contributed by atoms with van der Waals surface area (Å²) in [6, 6.07) is 21.5. The first-order chi connectivity index (χ1) is 14.6. The third-order valence-corrected chi connectivity index (χ3v) is 5.35. The van der Waals surface area contributed by atoms with E-state index in [4.69, 9.17) is 9.40 Å². The van der Waals surface area contributed by atoms with Crippen LogP contribution in [0.2, 0.25) is 0 Å². The summed E-state index contributed by atoms with van der Waals surface area (Å²) in [6.07, 6.45) is 3.00. The number of halogens is 1. The maximum absolute atomic E-state index is 6.28.